The van der Waals surface area contributed by atoms with Gasteiger partial charge in [-0.1, -0.05) is 48.5 Å². The van der Waals surface area contributed by atoms with Gasteiger partial charge in [-0.25, -0.2) is 14.4 Å². The van der Waals surface area contributed by atoms with Gasteiger partial charge in [-0.15, -0.1) is 0 Å². The van der Waals surface area contributed by atoms with Crippen LogP contribution in [0, 0.1) is 0 Å². The molecule has 0 heterocycles. The molecule has 0 radical (unpaired) electrons. The number of hydrogen-bond donors (Lipinski definition) is 1. The number of carbonyl (C=O) groups excluding carboxylic acids is 3. The first-order valence-corrected chi connectivity index (χ1v) is 16.4. The highest BCUT2D eigenvalue weighted by molar-refractivity contribution is 5.93. The molecule has 1 atom stereocenters. The number of methoxy groups -OCH3 is 1. The molecule has 0 saturated carbocycles. The maximum atomic E-state index is 13.5. The molecule has 5 aromatic rings. The quantitative estimate of drug-likeness (QED) is 0.0984. The van der Waals surface area contributed by atoms with Crippen LogP contribution in [0.1, 0.15) is 66.9 Å². The van der Waals surface area contributed by atoms with Gasteiger partial charge < -0.3 is 24.1 Å². The van der Waals surface area contributed by atoms with E-state index in [0.29, 0.717) is 28.2 Å². The van der Waals surface area contributed by atoms with E-state index >= 15 is 0 Å². The van der Waals surface area contributed by atoms with Gasteiger partial charge in [0.1, 0.15) is 23.0 Å². The number of carbonyl (C=O) groups is 3. The summed E-state index contributed by atoms with van der Waals surface area (Å²) in [5.74, 6) is 0.414. The van der Waals surface area contributed by atoms with Crippen molar-refractivity contribution < 1.29 is 38.4 Å². The fourth-order valence-electron chi connectivity index (χ4n) is 7.02. The fraction of sp³-hybridized carbons (Fsp3) is 0.167. The molecule has 0 unspecified atom stereocenters. The number of fused-ring (bicyclic) bond motifs is 4. The average Bonchev–Trinajstić information content (AvgIpc) is 3.73. The van der Waals surface area contributed by atoms with Crippen LogP contribution in [0.15, 0.2) is 115 Å². The molecule has 1 spiro atoms. The third-order valence-electron chi connectivity index (χ3n) is 9.44. The first-order valence-electron chi connectivity index (χ1n) is 16.4. The van der Waals surface area contributed by atoms with Gasteiger partial charge in [-0.05, 0) is 115 Å². The van der Waals surface area contributed by atoms with E-state index < -0.39 is 23.3 Å². The second-order valence-electron chi connectivity index (χ2n) is 12.3. The lowest BCUT2D eigenvalue weighted by Crippen LogP contribution is -2.24. The van der Waals surface area contributed by atoms with Gasteiger partial charge in [-0.3, -0.25) is 0 Å². The zero-order chi connectivity index (χ0) is 34.7. The molecule has 250 valence electrons. The van der Waals surface area contributed by atoms with Crippen LogP contribution in [0.5, 0.6) is 23.0 Å². The lowest BCUT2D eigenvalue weighted by Gasteiger charge is -2.29. The Balaban J connectivity index is 1.10. The summed E-state index contributed by atoms with van der Waals surface area (Å²) in [6.07, 6.45) is 6.31. The second-order valence-corrected chi connectivity index (χ2v) is 12.3. The smallest absolute Gasteiger partial charge is 0.343 e. The number of benzene rings is 5. The molecule has 2 aliphatic rings. The number of aliphatic hydroxyl groups excluding tert-OH is 1. The molecular weight excluding hydrogens is 632 g/mol. The number of hydrogen-bond acceptors (Lipinski definition) is 8. The summed E-state index contributed by atoms with van der Waals surface area (Å²) in [7, 11) is 1.60. The molecule has 5 aromatic carbocycles. The Morgan fingerprint density at radius 1 is 0.660 bits per heavy atom. The van der Waals surface area contributed by atoms with Gasteiger partial charge in [0.15, 0.2) is 0 Å². The molecule has 0 fully saturated rings. The standard InChI is InChI=1S/C42H34O8/c1-47-33-17-10-27(11-18-33)12-21-37(44)49-35-6-2-4-29-22-24-42(38(29)35)25-23-30-5-3-7-36(39(30)42)50-41(46)32-15-19-34(20-16-32)48-40(45)31-13-8-28(26-43)9-14-31/h2-21,43H,22-26H2,1H3/t42-/m0/s1. The Hall–Kier alpha value is -5.99. The summed E-state index contributed by atoms with van der Waals surface area (Å²) in [6, 6.07) is 31.6. The molecule has 7 rings (SSSR count). The Morgan fingerprint density at radius 2 is 1.20 bits per heavy atom. The predicted octanol–water partition coefficient (Wildman–Crippen LogP) is 7.42. The van der Waals surface area contributed by atoms with Gasteiger partial charge in [-0.2, -0.15) is 0 Å². The van der Waals surface area contributed by atoms with Gasteiger partial charge in [0, 0.05) is 22.6 Å². The highest BCUT2D eigenvalue weighted by atomic mass is 16.5. The Labute approximate surface area is 289 Å². The fourth-order valence-corrected chi connectivity index (χ4v) is 7.02. The van der Waals surface area contributed by atoms with Gasteiger partial charge in [0.05, 0.1) is 24.8 Å². The largest absolute Gasteiger partial charge is 0.497 e. The normalized spacial score (nSPS) is 15.8. The lowest BCUT2D eigenvalue weighted by atomic mass is 9.76. The minimum atomic E-state index is -0.551. The van der Waals surface area contributed by atoms with Crippen molar-refractivity contribution in [2.24, 2.45) is 0 Å². The second kappa shape index (κ2) is 13.9. The van der Waals surface area contributed by atoms with E-state index in [1.165, 1.54) is 6.08 Å². The maximum Gasteiger partial charge on any atom is 0.343 e. The lowest BCUT2D eigenvalue weighted by molar-refractivity contribution is -0.129. The molecular formula is C42H34O8. The number of rotatable bonds is 9. The van der Waals surface area contributed by atoms with Crippen LogP contribution >= 0.6 is 0 Å². The van der Waals surface area contributed by atoms with Crippen molar-refractivity contribution in [3.05, 3.63) is 160 Å². The van der Waals surface area contributed by atoms with E-state index in [4.69, 9.17) is 18.9 Å². The third kappa shape index (κ3) is 6.41. The first-order chi connectivity index (χ1) is 24.4. The topological polar surface area (TPSA) is 108 Å². The van der Waals surface area contributed by atoms with Crippen LogP contribution in [0.3, 0.4) is 0 Å². The third-order valence-corrected chi connectivity index (χ3v) is 9.44. The predicted molar refractivity (Wildman–Crippen MR) is 187 cm³/mol. The van der Waals surface area contributed by atoms with Gasteiger partial charge >= 0.3 is 17.9 Å². The van der Waals surface area contributed by atoms with Gasteiger partial charge in [0.2, 0.25) is 0 Å². The molecule has 0 aliphatic heterocycles. The van der Waals surface area contributed by atoms with Crippen LogP contribution in [-0.2, 0) is 29.7 Å². The van der Waals surface area contributed by atoms with Crippen molar-refractivity contribution in [2.75, 3.05) is 7.11 Å². The Morgan fingerprint density at radius 3 is 1.78 bits per heavy atom. The maximum absolute atomic E-state index is 13.5. The van der Waals surface area contributed by atoms with Crippen molar-refractivity contribution in [1.29, 1.82) is 0 Å². The number of aryl methyl sites for hydroxylation is 2. The summed E-state index contributed by atoms with van der Waals surface area (Å²) >= 11 is 0. The van der Waals surface area contributed by atoms with E-state index in [1.807, 2.05) is 48.5 Å². The molecule has 8 nitrogen and oxygen atoms in total. The summed E-state index contributed by atoms with van der Waals surface area (Å²) in [4.78, 5) is 39.1. The molecule has 8 heteroatoms. The minimum absolute atomic E-state index is 0.117. The minimum Gasteiger partial charge on any atom is -0.497 e. The zero-order valence-corrected chi connectivity index (χ0v) is 27.4. The Bertz CT molecular complexity index is 2090. The van der Waals surface area contributed by atoms with Crippen LogP contribution in [0.2, 0.25) is 0 Å². The van der Waals surface area contributed by atoms with Crippen molar-refractivity contribution in [1.82, 2.24) is 0 Å². The van der Waals surface area contributed by atoms with Gasteiger partial charge in [0.25, 0.3) is 0 Å². The summed E-state index contributed by atoms with van der Waals surface area (Å²) in [6.45, 7) is -0.117. The summed E-state index contributed by atoms with van der Waals surface area (Å²) in [5.41, 5.74) is 5.80. The average molecular weight is 667 g/mol. The van der Waals surface area contributed by atoms with Crippen molar-refractivity contribution >= 4 is 24.0 Å². The highest BCUT2D eigenvalue weighted by Gasteiger charge is 2.48. The van der Waals surface area contributed by atoms with E-state index in [-0.39, 0.29) is 12.4 Å². The molecule has 0 saturated heterocycles. The highest BCUT2D eigenvalue weighted by Crippen LogP contribution is 2.57. The van der Waals surface area contributed by atoms with Crippen molar-refractivity contribution in [3.8, 4) is 23.0 Å². The monoisotopic (exact) mass is 666 g/mol. The van der Waals surface area contributed by atoms with E-state index in [1.54, 1.807) is 61.7 Å². The number of esters is 3. The van der Waals surface area contributed by atoms with E-state index in [9.17, 15) is 19.5 Å². The van der Waals surface area contributed by atoms with Crippen LogP contribution in [0.4, 0.5) is 0 Å². The number of ether oxygens (including phenoxy) is 4. The summed E-state index contributed by atoms with van der Waals surface area (Å²) < 4.78 is 22.8. The van der Waals surface area contributed by atoms with Crippen LogP contribution in [0.25, 0.3) is 6.08 Å². The Kier molecular flexibility index (Phi) is 9.02. The zero-order valence-electron chi connectivity index (χ0n) is 27.4. The molecule has 1 N–H and O–H groups in total. The molecule has 0 amide bonds. The SMILES string of the molecule is COc1ccc(C=CC(=O)Oc2cccc3c2[C@]2(CC3)CCc3cccc(OC(=O)c4ccc(OC(=O)c5ccc(CO)cc5)cc4)c32)cc1. The molecule has 50 heavy (non-hydrogen) atoms. The molecule has 0 bridgehead atoms. The van der Waals surface area contributed by atoms with Crippen molar-refractivity contribution in [3.63, 3.8) is 0 Å². The van der Waals surface area contributed by atoms with E-state index in [0.717, 1.165) is 59.3 Å². The van der Waals surface area contributed by atoms with Crippen LogP contribution < -0.4 is 18.9 Å². The van der Waals surface area contributed by atoms with Crippen molar-refractivity contribution in [2.45, 2.75) is 37.7 Å². The summed E-state index contributed by atoms with van der Waals surface area (Å²) in [5, 5.41) is 9.23. The first kappa shape index (κ1) is 32.6. The van der Waals surface area contributed by atoms with Crippen LogP contribution in [-0.4, -0.2) is 30.1 Å². The molecule has 0 aromatic heterocycles. The molecule has 2 aliphatic carbocycles. The number of aliphatic hydroxyl groups is 1. The van der Waals surface area contributed by atoms with E-state index in [2.05, 4.69) is 12.1 Å².